The monoisotopic (exact) mass is 319 g/mol. The Labute approximate surface area is 139 Å². The van der Waals surface area contributed by atoms with Gasteiger partial charge in [0.1, 0.15) is 5.76 Å². The van der Waals surface area contributed by atoms with Gasteiger partial charge in [0, 0.05) is 42.4 Å². The molecule has 0 spiro atoms. The number of carbonyl (C=O) groups excluding carboxylic acids is 1. The van der Waals surface area contributed by atoms with E-state index in [1.807, 2.05) is 41.3 Å². The van der Waals surface area contributed by atoms with Crippen LogP contribution in [0.15, 0.2) is 59.2 Å². The van der Waals surface area contributed by atoms with Gasteiger partial charge in [-0.1, -0.05) is 30.3 Å². The average molecular weight is 319 g/mol. The number of aromatic amines is 1. The van der Waals surface area contributed by atoms with Gasteiger partial charge in [-0.15, -0.1) is 0 Å². The summed E-state index contributed by atoms with van der Waals surface area (Å²) in [5, 5.41) is 7.57. The van der Waals surface area contributed by atoms with E-state index in [4.69, 9.17) is 4.42 Å². The summed E-state index contributed by atoms with van der Waals surface area (Å²) in [6, 6.07) is 13.7. The van der Waals surface area contributed by atoms with Gasteiger partial charge in [-0.25, -0.2) is 0 Å². The maximum atomic E-state index is 12.4. The topological polar surface area (TPSA) is 62.1 Å². The lowest BCUT2D eigenvalue weighted by Crippen LogP contribution is -2.34. The Hall–Kier alpha value is -3.08. The molecule has 0 radical (unpaired) electrons. The van der Waals surface area contributed by atoms with Crippen LogP contribution in [0.25, 0.3) is 17.3 Å². The second kappa shape index (κ2) is 6.20. The van der Waals surface area contributed by atoms with Crippen molar-refractivity contribution in [3.63, 3.8) is 0 Å². The molecule has 3 aromatic rings. The van der Waals surface area contributed by atoms with Gasteiger partial charge < -0.3 is 9.32 Å². The number of carbonyl (C=O) groups is 1. The Morgan fingerprint density at radius 1 is 1.21 bits per heavy atom. The largest absolute Gasteiger partial charge is 0.465 e. The van der Waals surface area contributed by atoms with Crippen molar-refractivity contribution in [2.45, 2.75) is 13.0 Å². The van der Waals surface area contributed by atoms with Crippen LogP contribution in [0.3, 0.4) is 0 Å². The van der Waals surface area contributed by atoms with Crippen molar-refractivity contribution >= 4 is 12.0 Å². The third-order valence-corrected chi connectivity index (χ3v) is 4.23. The average Bonchev–Trinajstić information content (AvgIpc) is 3.29. The first-order valence-electron chi connectivity index (χ1n) is 7.93. The Morgan fingerprint density at radius 3 is 2.88 bits per heavy atom. The van der Waals surface area contributed by atoms with E-state index in [1.165, 1.54) is 0 Å². The molecule has 24 heavy (non-hydrogen) atoms. The predicted octanol–water partition coefficient (Wildman–Crippen LogP) is 3.27. The molecule has 0 saturated carbocycles. The fourth-order valence-corrected chi connectivity index (χ4v) is 2.96. The number of rotatable bonds is 3. The fourth-order valence-electron chi connectivity index (χ4n) is 2.96. The minimum Gasteiger partial charge on any atom is -0.465 e. The summed E-state index contributed by atoms with van der Waals surface area (Å²) in [6.45, 7) is 1.25. The minimum atomic E-state index is -0.0164. The van der Waals surface area contributed by atoms with Crippen LogP contribution in [-0.4, -0.2) is 27.5 Å². The summed E-state index contributed by atoms with van der Waals surface area (Å²) in [5.74, 6) is 0.659. The lowest BCUT2D eigenvalue weighted by Gasteiger charge is -2.26. The summed E-state index contributed by atoms with van der Waals surface area (Å²) in [7, 11) is 0. The van der Waals surface area contributed by atoms with Crippen molar-refractivity contribution in [2.75, 3.05) is 6.54 Å². The molecule has 120 valence electrons. The molecule has 2 aromatic heterocycles. The molecule has 1 amide bonds. The number of fused-ring (bicyclic) bond motifs is 1. The first-order chi connectivity index (χ1) is 11.8. The minimum absolute atomic E-state index is 0.0164. The van der Waals surface area contributed by atoms with Crippen LogP contribution in [0, 0.1) is 0 Å². The molecule has 0 bridgehead atoms. The quantitative estimate of drug-likeness (QED) is 0.754. The SMILES string of the molecule is O=C(/C=C/c1ccco1)N1CCc2[nH]nc(-c3ccccc3)c2C1. The zero-order valence-corrected chi connectivity index (χ0v) is 13.1. The van der Waals surface area contributed by atoms with Crippen molar-refractivity contribution in [3.05, 3.63) is 71.8 Å². The summed E-state index contributed by atoms with van der Waals surface area (Å²) in [4.78, 5) is 14.3. The van der Waals surface area contributed by atoms with E-state index < -0.39 is 0 Å². The lowest BCUT2D eigenvalue weighted by molar-refractivity contribution is -0.126. The molecule has 1 N–H and O–H groups in total. The predicted molar refractivity (Wildman–Crippen MR) is 90.9 cm³/mol. The number of H-pyrrole nitrogens is 1. The van der Waals surface area contributed by atoms with Crippen LogP contribution in [0.1, 0.15) is 17.0 Å². The van der Waals surface area contributed by atoms with Crippen LogP contribution in [0.5, 0.6) is 0 Å². The smallest absolute Gasteiger partial charge is 0.247 e. The molecule has 0 aliphatic carbocycles. The Balaban J connectivity index is 1.55. The molecule has 5 nitrogen and oxygen atoms in total. The van der Waals surface area contributed by atoms with E-state index in [0.717, 1.165) is 28.9 Å². The molecule has 4 rings (SSSR count). The van der Waals surface area contributed by atoms with E-state index in [0.29, 0.717) is 18.8 Å². The van der Waals surface area contributed by atoms with Gasteiger partial charge in [0.25, 0.3) is 0 Å². The van der Waals surface area contributed by atoms with Gasteiger partial charge in [-0.3, -0.25) is 9.89 Å². The second-order valence-corrected chi connectivity index (χ2v) is 5.75. The van der Waals surface area contributed by atoms with Crippen LogP contribution in [0.2, 0.25) is 0 Å². The number of benzene rings is 1. The van der Waals surface area contributed by atoms with Crippen LogP contribution in [-0.2, 0) is 17.8 Å². The molecular formula is C19H17N3O2. The Kier molecular flexibility index (Phi) is 3.75. The molecule has 0 saturated heterocycles. The molecule has 5 heteroatoms. The number of nitrogens with zero attached hydrogens (tertiary/aromatic N) is 2. The standard InChI is InChI=1S/C19H17N3O2/c23-18(9-8-15-7-4-12-24-15)22-11-10-17-16(13-22)19(21-20-17)14-5-2-1-3-6-14/h1-9,12H,10-11,13H2,(H,20,21)/b9-8+. The zero-order chi connectivity index (χ0) is 16.4. The lowest BCUT2D eigenvalue weighted by atomic mass is 10.0. The van der Waals surface area contributed by atoms with Gasteiger partial charge in [-0.2, -0.15) is 5.10 Å². The normalized spacial score (nSPS) is 14.1. The number of aromatic nitrogens is 2. The summed E-state index contributed by atoms with van der Waals surface area (Å²) < 4.78 is 5.22. The van der Waals surface area contributed by atoms with Gasteiger partial charge in [0.05, 0.1) is 12.0 Å². The van der Waals surface area contributed by atoms with Crippen LogP contribution < -0.4 is 0 Å². The summed E-state index contributed by atoms with van der Waals surface area (Å²) in [6.07, 6.45) is 5.64. The van der Waals surface area contributed by atoms with Crippen molar-refractivity contribution < 1.29 is 9.21 Å². The molecule has 1 aliphatic rings. The molecule has 0 fully saturated rings. The van der Waals surface area contributed by atoms with E-state index >= 15 is 0 Å². The second-order valence-electron chi connectivity index (χ2n) is 5.75. The number of nitrogens with one attached hydrogen (secondary N) is 1. The number of amides is 1. The Morgan fingerprint density at radius 2 is 2.08 bits per heavy atom. The van der Waals surface area contributed by atoms with Crippen molar-refractivity contribution in [2.24, 2.45) is 0 Å². The highest BCUT2D eigenvalue weighted by molar-refractivity contribution is 5.91. The third-order valence-electron chi connectivity index (χ3n) is 4.23. The van der Waals surface area contributed by atoms with Crippen molar-refractivity contribution in [1.29, 1.82) is 0 Å². The van der Waals surface area contributed by atoms with E-state index in [-0.39, 0.29) is 5.91 Å². The van der Waals surface area contributed by atoms with Gasteiger partial charge in [-0.05, 0) is 18.2 Å². The van der Waals surface area contributed by atoms with E-state index in [1.54, 1.807) is 24.5 Å². The van der Waals surface area contributed by atoms with Gasteiger partial charge in [0.2, 0.25) is 5.91 Å². The highest BCUT2D eigenvalue weighted by Gasteiger charge is 2.24. The highest BCUT2D eigenvalue weighted by Crippen LogP contribution is 2.28. The third kappa shape index (κ3) is 2.76. The van der Waals surface area contributed by atoms with Gasteiger partial charge in [0.15, 0.2) is 0 Å². The first-order valence-corrected chi connectivity index (χ1v) is 7.93. The molecule has 3 heterocycles. The van der Waals surface area contributed by atoms with Gasteiger partial charge >= 0.3 is 0 Å². The summed E-state index contributed by atoms with van der Waals surface area (Å²) in [5.41, 5.74) is 4.22. The Bertz CT molecular complexity index is 863. The van der Waals surface area contributed by atoms with E-state index in [2.05, 4.69) is 10.2 Å². The first kappa shape index (κ1) is 14.5. The number of furan rings is 1. The molecule has 1 aliphatic heterocycles. The molecule has 0 unspecified atom stereocenters. The number of hydrogen-bond donors (Lipinski definition) is 1. The number of hydrogen-bond acceptors (Lipinski definition) is 3. The van der Waals surface area contributed by atoms with Crippen LogP contribution in [0.4, 0.5) is 0 Å². The van der Waals surface area contributed by atoms with Crippen LogP contribution >= 0.6 is 0 Å². The van der Waals surface area contributed by atoms with E-state index in [9.17, 15) is 4.79 Å². The highest BCUT2D eigenvalue weighted by atomic mass is 16.3. The van der Waals surface area contributed by atoms with Crippen molar-refractivity contribution in [3.8, 4) is 11.3 Å². The summed E-state index contributed by atoms with van der Waals surface area (Å²) >= 11 is 0. The zero-order valence-electron chi connectivity index (χ0n) is 13.1. The molecule has 1 aromatic carbocycles. The maximum absolute atomic E-state index is 12.4. The van der Waals surface area contributed by atoms with Crippen molar-refractivity contribution in [1.82, 2.24) is 15.1 Å². The molecule has 0 atom stereocenters. The molecular weight excluding hydrogens is 302 g/mol. The maximum Gasteiger partial charge on any atom is 0.247 e. The fraction of sp³-hybridized carbons (Fsp3) is 0.158.